The number of carbonyl (C=O) groups is 2. The van der Waals surface area contributed by atoms with Crippen molar-refractivity contribution >= 4 is 41.7 Å². The molecule has 2 aromatic rings. The van der Waals surface area contributed by atoms with Crippen molar-refractivity contribution in [2.45, 2.75) is 117 Å². The monoisotopic (exact) mass is 795 g/mol. The van der Waals surface area contributed by atoms with Gasteiger partial charge >= 0.3 is 5.97 Å². The molecule has 0 radical (unpaired) electrons. The van der Waals surface area contributed by atoms with Crippen LogP contribution >= 0.6 is 11.8 Å². The SMILES string of the molecule is C=CCOC(=O)c1c(C)c(OC)c(O[SiH](C)C(C)(C)C(C)C)c(O[SiH](C)C(C)(C)C(C)C)c1CSC[C@@H](NC(=O)CCC(CO)CO)c1nc(C)no1. The number of aliphatic hydroxyl groups is 2. The highest BCUT2D eigenvalue weighted by atomic mass is 32.2. The molecule has 0 saturated carbocycles. The zero-order chi connectivity index (χ0) is 40.3. The molecule has 2 rings (SSSR count). The fourth-order valence-corrected chi connectivity index (χ4v) is 10.0. The van der Waals surface area contributed by atoms with Gasteiger partial charge in [0.1, 0.15) is 12.6 Å². The Labute approximate surface area is 324 Å². The summed E-state index contributed by atoms with van der Waals surface area (Å²) in [6, 6.07) is -0.654. The number of methoxy groups -OCH3 is 1. The molecule has 1 aromatic heterocycles. The Morgan fingerprint density at radius 2 is 1.55 bits per heavy atom. The molecule has 0 saturated heterocycles. The predicted molar refractivity (Wildman–Crippen MR) is 216 cm³/mol. The molecule has 2 unspecified atom stereocenters. The van der Waals surface area contributed by atoms with Crippen LogP contribution in [0.15, 0.2) is 17.2 Å². The highest BCUT2D eigenvalue weighted by Gasteiger charge is 2.39. The first-order chi connectivity index (χ1) is 24.8. The van der Waals surface area contributed by atoms with Gasteiger partial charge in [-0.3, -0.25) is 4.79 Å². The van der Waals surface area contributed by atoms with E-state index in [0.29, 0.717) is 69.5 Å². The first-order valence-corrected chi connectivity index (χ1v) is 24.1. The first kappa shape index (κ1) is 46.3. The van der Waals surface area contributed by atoms with Crippen LogP contribution in [-0.4, -0.2) is 83.0 Å². The van der Waals surface area contributed by atoms with Gasteiger partial charge in [0.05, 0.1) is 12.7 Å². The van der Waals surface area contributed by atoms with E-state index < -0.39 is 36.0 Å². The Morgan fingerprint density at radius 3 is 2.02 bits per heavy atom. The second-order valence-electron chi connectivity index (χ2n) is 15.6. The molecule has 0 aliphatic rings. The highest BCUT2D eigenvalue weighted by molar-refractivity contribution is 7.98. The smallest absolute Gasteiger partial charge is 0.339 e. The Kier molecular flexibility index (Phi) is 18.1. The molecule has 0 aliphatic heterocycles. The number of esters is 1. The minimum absolute atomic E-state index is 0.0255. The molecule has 3 N–H and O–H groups in total. The number of rotatable bonds is 23. The van der Waals surface area contributed by atoms with Gasteiger partial charge in [0.15, 0.2) is 23.1 Å². The molecule has 0 fully saturated rings. The maximum atomic E-state index is 13.9. The second kappa shape index (κ2) is 20.7. The van der Waals surface area contributed by atoms with Gasteiger partial charge in [-0.25, -0.2) is 4.79 Å². The van der Waals surface area contributed by atoms with Crippen molar-refractivity contribution in [2.24, 2.45) is 17.8 Å². The number of aliphatic hydroxyl groups excluding tert-OH is 2. The van der Waals surface area contributed by atoms with Gasteiger partial charge in [-0.15, -0.1) is 0 Å². The zero-order valence-electron chi connectivity index (χ0n) is 34.3. The number of nitrogens with one attached hydrogen (secondary N) is 1. The summed E-state index contributed by atoms with van der Waals surface area (Å²) in [5.41, 5.74) is 1.55. The van der Waals surface area contributed by atoms with Crippen LogP contribution in [0.4, 0.5) is 0 Å². The molecule has 3 atom stereocenters. The van der Waals surface area contributed by atoms with Crippen molar-refractivity contribution in [1.82, 2.24) is 15.5 Å². The number of nitrogens with zero attached hydrogens (tertiary/aromatic N) is 2. The average molecular weight is 796 g/mol. The van der Waals surface area contributed by atoms with Crippen LogP contribution < -0.4 is 18.9 Å². The summed E-state index contributed by atoms with van der Waals surface area (Å²) in [7, 11) is -2.45. The number of ether oxygens (including phenoxy) is 2. The molecular formula is C38H65N3O9SSi2. The van der Waals surface area contributed by atoms with Crippen molar-refractivity contribution in [1.29, 1.82) is 0 Å². The lowest BCUT2D eigenvalue weighted by Crippen LogP contribution is -2.37. The Bertz CT molecular complexity index is 1510. The van der Waals surface area contributed by atoms with Crippen LogP contribution in [0.25, 0.3) is 0 Å². The van der Waals surface area contributed by atoms with Gasteiger partial charge in [-0.1, -0.05) is 73.2 Å². The van der Waals surface area contributed by atoms with Crippen molar-refractivity contribution in [3.63, 3.8) is 0 Å². The normalized spacial score (nSPS) is 13.9. The number of aromatic nitrogens is 2. The van der Waals surface area contributed by atoms with Crippen LogP contribution in [-0.2, 0) is 15.3 Å². The standard InChI is InChI=1S/C38H65N3O9SSi2/c1-15-18-47-36(45)31-25(6)32(46-12)34(50-53(14)38(10,11)24(4)5)33(49-52(13)37(8,9)23(2)3)28(31)21-51-22-29(35-39-26(7)41-48-35)40-30(44)17-16-27(19-42)20-43/h15,23-24,27,29,42-43,52-53H,1,16-22H2,2-14H3,(H,40,44)/t29-,52?,53?/m1/s1. The third-order valence-electron chi connectivity index (χ3n) is 11.1. The maximum Gasteiger partial charge on any atom is 0.339 e. The van der Waals surface area contributed by atoms with Crippen molar-refractivity contribution < 1.29 is 42.7 Å². The van der Waals surface area contributed by atoms with E-state index in [1.807, 2.05) is 6.92 Å². The third-order valence-corrected chi connectivity index (χ3v) is 18.9. The lowest BCUT2D eigenvalue weighted by Gasteiger charge is -2.38. The number of hydrogen-bond acceptors (Lipinski definition) is 12. The fourth-order valence-electron chi connectivity index (χ4n) is 5.31. The number of hydrogen-bond donors (Lipinski definition) is 3. The summed E-state index contributed by atoms with van der Waals surface area (Å²) in [6.45, 7) is 28.9. The Hall–Kier alpha value is -2.86. The Morgan fingerprint density at radius 1 is 0.981 bits per heavy atom. The maximum absolute atomic E-state index is 13.9. The predicted octanol–water partition coefficient (Wildman–Crippen LogP) is 6.85. The largest absolute Gasteiger partial charge is 0.543 e. The van der Waals surface area contributed by atoms with E-state index in [-0.39, 0.29) is 48.1 Å². The molecular weight excluding hydrogens is 731 g/mol. The number of carbonyl (C=O) groups excluding carboxylic acids is 2. The second-order valence-corrected chi connectivity index (χ2v) is 22.7. The number of aryl methyl sites for hydroxylation is 1. The average Bonchev–Trinajstić information content (AvgIpc) is 3.54. The zero-order valence-corrected chi connectivity index (χ0v) is 37.4. The number of amides is 1. The topological polar surface area (TPSA) is 162 Å². The van der Waals surface area contributed by atoms with Crippen LogP contribution in [0, 0.1) is 31.6 Å². The molecule has 0 bridgehead atoms. The summed E-state index contributed by atoms with van der Waals surface area (Å²) >= 11 is 1.46. The summed E-state index contributed by atoms with van der Waals surface area (Å²) in [4.78, 5) is 31.4. The van der Waals surface area contributed by atoms with E-state index in [4.69, 9.17) is 22.8 Å². The summed E-state index contributed by atoms with van der Waals surface area (Å²) in [6.07, 6.45) is 1.94. The van der Waals surface area contributed by atoms with Gasteiger partial charge in [0.25, 0.3) is 0 Å². The summed E-state index contributed by atoms with van der Waals surface area (Å²) < 4.78 is 31.4. The molecule has 1 heterocycles. The summed E-state index contributed by atoms with van der Waals surface area (Å²) in [5, 5.41) is 25.7. The van der Waals surface area contributed by atoms with E-state index >= 15 is 0 Å². The van der Waals surface area contributed by atoms with E-state index in [9.17, 15) is 19.8 Å². The molecule has 300 valence electrons. The van der Waals surface area contributed by atoms with Crippen molar-refractivity contribution in [2.75, 3.05) is 32.7 Å². The summed E-state index contributed by atoms with van der Waals surface area (Å²) in [5.74, 6) is 2.20. The molecule has 15 heteroatoms. The molecule has 1 amide bonds. The lowest BCUT2D eigenvalue weighted by molar-refractivity contribution is -0.122. The van der Waals surface area contributed by atoms with Crippen LogP contribution in [0.2, 0.25) is 23.2 Å². The minimum atomic E-state index is -2.05. The fraction of sp³-hybridized carbons (Fsp3) is 0.684. The van der Waals surface area contributed by atoms with Gasteiger partial charge in [-0.05, 0) is 55.3 Å². The molecule has 1 aromatic carbocycles. The first-order valence-electron chi connectivity index (χ1n) is 18.5. The van der Waals surface area contributed by atoms with E-state index in [2.05, 4.69) is 90.5 Å². The van der Waals surface area contributed by atoms with E-state index in [1.165, 1.54) is 17.8 Å². The molecule has 53 heavy (non-hydrogen) atoms. The van der Waals surface area contributed by atoms with Crippen molar-refractivity contribution in [3.05, 3.63) is 41.1 Å². The third kappa shape index (κ3) is 12.1. The van der Waals surface area contributed by atoms with Gasteiger partial charge in [0, 0.05) is 48.2 Å². The van der Waals surface area contributed by atoms with Crippen molar-refractivity contribution in [3.8, 4) is 17.2 Å². The quantitative estimate of drug-likeness (QED) is 0.0611. The van der Waals surface area contributed by atoms with Crippen LogP contribution in [0.5, 0.6) is 17.2 Å². The highest BCUT2D eigenvalue weighted by Crippen LogP contribution is 2.51. The molecule has 0 aliphatic carbocycles. The van der Waals surface area contributed by atoms with E-state index in [0.717, 1.165) is 0 Å². The van der Waals surface area contributed by atoms with Crippen LogP contribution in [0.1, 0.15) is 107 Å². The lowest BCUT2D eigenvalue weighted by atomic mass is 9.99. The van der Waals surface area contributed by atoms with E-state index in [1.54, 1.807) is 14.0 Å². The number of benzene rings is 1. The van der Waals surface area contributed by atoms with Gasteiger partial charge in [0.2, 0.25) is 29.9 Å². The Balaban J connectivity index is 2.77. The number of thioether (sulfide) groups is 1. The van der Waals surface area contributed by atoms with Gasteiger partial charge < -0.3 is 38.4 Å². The van der Waals surface area contributed by atoms with Crippen LogP contribution in [0.3, 0.4) is 0 Å². The molecule has 12 nitrogen and oxygen atoms in total. The van der Waals surface area contributed by atoms with Gasteiger partial charge in [-0.2, -0.15) is 16.7 Å². The molecule has 0 spiro atoms. The minimum Gasteiger partial charge on any atom is -0.543 e.